The molecule has 4 aromatic rings. The summed E-state index contributed by atoms with van der Waals surface area (Å²) in [4.78, 5) is 42.1. The van der Waals surface area contributed by atoms with Crippen LogP contribution < -0.4 is 10.6 Å². The largest absolute Gasteiger partial charge is 0.462 e. The molecule has 2 N–H and O–H groups in total. The van der Waals surface area contributed by atoms with Gasteiger partial charge in [-0.05, 0) is 72.9 Å². The minimum absolute atomic E-state index is 0.169. The average molecular weight is 591 g/mol. The summed E-state index contributed by atoms with van der Waals surface area (Å²) in [6.45, 7) is 4.27. The smallest absolute Gasteiger partial charge is 0.341 e. The van der Waals surface area contributed by atoms with E-state index in [4.69, 9.17) is 4.74 Å². The maximum atomic E-state index is 13.9. The van der Waals surface area contributed by atoms with Crippen molar-refractivity contribution in [2.45, 2.75) is 43.3 Å². The van der Waals surface area contributed by atoms with Crippen molar-refractivity contribution in [2.24, 2.45) is 5.92 Å². The molecule has 1 aliphatic rings. The lowest BCUT2D eigenvalue weighted by Crippen LogP contribution is -2.20. The van der Waals surface area contributed by atoms with Crippen molar-refractivity contribution in [2.75, 3.05) is 17.2 Å². The number of ether oxygens (including phenoxy) is 1. The van der Waals surface area contributed by atoms with Gasteiger partial charge in [0, 0.05) is 15.5 Å². The topological polar surface area (TPSA) is 84.5 Å². The molecule has 5 rings (SSSR count). The fraction of sp³-hybridized carbons (Fsp3) is 0.258. The number of nitrogens with one attached hydrogen (secondary N) is 2. The van der Waals surface area contributed by atoms with Crippen LogP contribution in [0, 0.1) is 5.92 Å². The fourth-order valence-corrected chi connectivity index (χ4v) is 7.82. The van der Waals surface area contributed by atoms with E-state index in [-0.39, 0.29) is 24.4 Å². The number of thiophene rings is 2. The maximum absolute atomic E-state index is 13.9. The zero-order chi connectivity index (χ0) is 28.1. The van der Waals surface area contributed by atoms with Crippen LogP contribution in [0.4, 0.5) is 10.7 Å². The van der Waals surface area contributed by atoms with Crippen LogP contribution in [-0.2, 0) is 22.4 Å². The van der Waals surface area contributed by atoms with Crippen LogP contribution in [0.25, 0.3) is 0 Å². The second-order valence-electron chi connectivity index (χ2n) is 9.63. The summed E-state index contributed by atoms with van der Waals surface area (Å²) in [6, 6.07) is 20.7. The molecule has 9 heteroatoms. The summed E-state index contributed by atoms with van der Waals surface area (Å²) >= 11 is 4.26. The van der Waals surface area contributed by atoms with Crippen molar-refractivity contribution in [1.29, 1.82) is 0 Å². The van der Waals surface area contributed by atoms with E-state index in [1.807, 2.05) is 66.0 Å². The molecule has 0 saturated heterocycles. The van der Waals surface area contributed by atoms with Crippen molar-refractivity contribution in [3.63, 3.8) is 0 Å². The van der Waals surface area contributed by atoms with Gasteiger partial charge in [-0.15, -0.1) is 34.4 Å². The van der Waals surface area contributed by atoms with Crippen molar-refractivity contribution in [1.82, 2.24) is 0 Å². The van der Waals surface area contributed by atoms with Crippen LogP contribution in [0.3, 0.4) is 0 Å². The normalized spacial score (nSPS) is 15.1. The van der Waals surface area contributed by atoms with E-state index >= 15 is 0 Å². The molecule has 2 aromatic carbocycles. The molecule has 0 spiro atoms. The first-order valence-corrected chi connectivity index (χ1v) is 15.8. The number of hydrogen-bond donors (Lipinski definition) is 2. The molecule has 0 aliphatic heterocycles. The highest BCUT2D eigenvalue weighted by molar-refractivity contribution is 8.00. The van der Waals surface area contributed by atoms with Gasteiger partial charge in [0.2, 0.25) is 5.91 Å². The Kier molecular flexibility index (Phi) is 9.04. The lowest BCUT2D eigenvalue weighted by Gasteiger charge is -2.19. The molecule has 2 atom stereocenters. The van der Waals surface area contributed by atoms with Crippen LogP contribution in [-0.4, -0.2) is 24.4 Å². The molecular weight excluding hydrogens is 561 g/mol. The Bertz CT molecular complexity index is 1500. The van der Waals surface area contributed by atoms with E-state index in [1.54, 1.807) is 13.0 Å². The summed E-state index contributed by atoms with van der Waals surface area (Å²) in [6.07, 6.45) is 2.70. The number of carbonyl (C=O) groups excluding carboxylic acids is 3. The first-order chi connectivity index (χ1) is 19.4. The van der Waals surface area contributed by atoms with Gasteiger partial charge in [0.15, 0.2) is 0 Å². The quantitative estimate of drug-likeness (QED) is 0.153. The Morgan fingerprint density at radius 1 is 1.05 bits per heavy atom. The molecule has 0 saturated carbocycles. The minimum Gasteiger partial charge on any atom is -0.462 e. The van der Waals surface area contributed by atoms with Gasteiger partial charge >= 0.3 is 5.97 Å². The van der Waals surface area contributed by atoms with E-state index in [0.717, 1.165) is 40.2 Å². The van der Waals surface area contributed by atoms with Gasteiger partial charge in [-0.3, -0.25) is 9.59 Å². The van der Waals surface area contributed by atoms with Crippen LogP contribution in [0.5, 0.6) is 0 Å². The van der Waals surface area contributed by atoms with Crippen LogP contribution in [0.2, 0.25) is 0 Å². The molecular formula is C31H30N2O4S3. The first kappa shape index (κ1) is 28.1. The Labute approximate surface area is 246 Å². The summed E-state index contributed by atoms with van der Waals surface area (Å²) in [5.74, 6) is -0.244. The number of amides is 2. The molecule has 0 bridgehead atoms. The van der Waals surface area contributed by atoms with Gasteiger partial charge in [0.25, 0.3) is 5.91 Å². The number of rotatable bonds is 9. The van der Waals surface area contributed by atoms with Crippen molar-refractivity contribution in [3.8, 4) is 0 Å². The minimum atomic E-state index is -0.586. The second kappa shape index (κ2) is 12.8. The van der Waals surface area contributed by atoms with E-state index in [2.05, 4.69) is 17.6 Å². The van der Waals surface area contributed by atoms with Crippen LogP contribution in [0.15, 0.2) is 77.0 Å². The lowest BCUT2D eigenvalue weighted by atomic mass is 9.88. The lowest BCUT2D eigenvalue weighted by molar-refractivity contribution is -0.115. The van der Waals surface area contributed by atoms with Gasteiger partial charge in [-0.2, -0.15) is 0 Å². The number of fused-ring (bicyclic) bond motifs is 1. The Morgan fingerprint density at radius 3 is 2.62 bits per heavy atom. The molecule has 2 unspecified atom stereocenters. The third kappa shape index (κ3) is 6.49. The number of anilines is 2. The molecule has 2 aromatic heterocycles. The molecule has 2 amide bonds. The predicted octanol–water partition coefficient (Wildman–Crippen LogP) is 7.84. The van der Waals surface area contributed by atoms with E-state index in [1.165, 1.54) is 34.4 Å². The monoisotopic (exact) mass is 590 g/mol. The zero-order valence-corrected chi connectivity index (χ0v) is 24.7. The number of carbonyl (C=O) groups is 3. The van der Waals surface area contributed by atoms with Crippen molar-refractivity contribution < 1.29 is 19.1 Å². The SMILES string of the molecule is CCOC(=O)c1c(NC(=O)C(Sc2cccc(NC(=O)c3cccs3)c2)c2ccccc2)sc2c1CCC(C)C2. The molecule has 206 valence electrons. The van der Waals surface area contributed by atoms with Gasteiger partial charge in [0.05, 0.1) is 17.0 Å². The molecule has 2 heterocycles. The third-order valence-electron chi connectivity index (χ3n) is 6.66. The highest BCUT2D eigenvalue weighted by Gasteiger charge is 2.31. The van der Waals surface area contributed by atoms with Gasteiger partial charge in [-0.1, -0.05) is 49.4 Å². The molecule has 40 heavy (non-hydrogen) atoms. The Balaban J connectivity index is 1.41. The van der Waals surface area contributed by atoms with E-state index < -0.39 is 5.25 Å². The molecule has 0 radical (unpaired) electrons. The predicted molar refractivity (Wildman–Crippen MR) is 164 cm³/mol. The highest BCUT2D eigenvalue weighted by Crippen LogP contribution is 2.42. The summed E-state index contributed by atoms with van der Waals surface area (Å²) in [5, 5.41) is 7.87. The van der Waals surface area contributed by atoms with E-state index in [9.17, 15) is 14.4 Å². The summed E-state index contributed by atoms with van der Waals surface area (Å²) in [7, 11) is 0. The van der Waals surface area contributed by atoms with E-state index in [0.29, 0.717) is 27.0 Å². The first-order valence-electron chi connectivity index (χ1n) is 13.2. The number of esters is 1. The summed E-state index contributed by atoms with van der Waals surface area (Å²) < 4.78 is 5.39. The van der Waals surface area contributed by atoms with Crippen molar-refractivity contribution >= 4 is 62.9 Å². The third-order valence-corrected chi connectivity index (χ3v) is 9.95. The number of thioether (sulfide) groups is 1. The molecule has 0 fully saturated rings. The van der Waals surface area contributed by atoms with Crippen LogP contribution >= 0.6 is 34.4 Å². The fourth-order valence-electron chi connectivity index (χ4n) is 4.72. The maximum Gasteiger partial charge on any atom is 0.341 e. The Morgan fingerprint density at radius 2 is 1.88 bits per heavy atom. The number of benzene rings is 2. The second-order valence-corrected chi connectivity index (χ2v) is 12.9. The molecule has 6 nitrogen and oxygen atoms in total. The number of hydrogen-bond acceptors (Lipinski definition) is 7. The zero-order valence-electron chi connectivity index (χ0n) is 22.3. The highest BCUT2D eigenvalue weighted by atomic mass is 32.2. The average Bonchev–Trinajstić information content (AvgIpc) is 3.61. The summed E-state index contributed by atoms with van der Waals surface area (Å²) in [5.41, 5.74) is 3.00. The van der Waals surface area contributed by atoms with Crippen LogP contribution in [0.1, 0.15) is 61.6 Å². The van der Waals surface area contributed by atoms with Gasteiger partial charge < -0.3 is 15.4 Å². The van der Waals surface area contributed by atoms with Crippen molar-refractivity contribution in [3.05, 3.63) is 98.6 Å². The Hall–Kier alpha value is -3.40. The van der Waals surface area contributed by atoms with Gasteiger partial charge in [0.1, 0.15) is 10.3 Å². The van der Waals surface area contributed by atoms with Gasteiger partial charge in [-0.25, -0.2) is 4.79 Å². The standard InChI is InChI=1S/C31H30N2O4S3/c1-3-37-31(36)26-23-15-14-19(2)17-25(23)40-30(26)33-29(35)27(20-9-5-4-6-10-20)39-22-12-7-11-21(18-22)32-28(34)24-13-8-16-38-24/h4-13,16,18-19,27H,3,14-15,17H2,1-2H3,(H,32,34)(H,33,35). The molecule has 1 aliphatic carbocycles.